The van der Waals surface area contributed by atoms with Crippen molar-refractivity contribution in [3.8, 4) is 0 Å². The van der Waals surface area contributed by atoms with E-state index >= 15 is 0 Å². The first kappa shape index (κ1) is 16.7. The lowest BCUT2D eigenvalue weighted by atomic mass is 10.2. The van der Waals surface area contributed by atoms with E-state index in [0.29, 0.717) is 18.3 Å². The summed E-state index contributed by atoms with van der Waals surface area (Å²) >= 11 is 2.03. The summed E-state index contributed by atoms with van der Waals surface area (Å²) in [5, 5.41) is 7.40. The molecule has 4 N–H and O–H groups in total. The standard InChI is InChI=1S/C15H24N4O2S/c1-3-22-12-6-4-10(8-12)19-15(17-2)18-9-11-5-7-13(21-11)14(16)20/h5,7,10,12H,3-4,6,8-9H2,1-2H3,(H2,16,20)(H2,17,18,19). The Morgan fingerprint density at radius 3 is 2.95 bits per heavy atom. The Bertz CT molecular complexity index is 529. The Balaban J connectivity index is 1.79. The maximum atomic E-state index is 11.0. The van der Waals surface area contributed by atoms with Gasteiger partial charge in [-0.25, -0.2) is 0 Å². The molecule has 22 heavy (non-hydrogen) atoms. The van der Waals surface area contributed by atoms with E-state index in [1.165, 1.54) is 25.0 Å². The van der Waals surface area contributed by atoms with Crippen molar-refractivity contribution in [3.63, 3.8) is 0 Å². The van der Waals surface area contributed by atoms with Crippen LogP contribution in [0.1, 0.15) is 42.5 Å². The minimum Gasteiger partial charge on any atom is -0.454 e. The predicted molar refractivity (Wildman–Crippen MR) is 90.1 cm³/mol. The molecule has 0 saturated heterocycles. The topological polar surface area (TPSA) is 92.6 Å². The molecule has 1 aliphatic carbocycles. The summed E-state index contributed by atoms with van der Waals surface area (Å²) in [4.78, 5) is 15.2. The van der Waals surface area contributed by atoms with E-state index in [4.69, 9.17) is 10.2 Å². The minimum atomic E-state index is -0.556. The second kappa shape index (κ2) is 8.12. The Morgan fingerprint density at radius 1 is 1.50 bits per heavy atom. The molecule has 7 heteroatoms. The van der Waals surface area contributed by atoms with Gasteiger partial charge in [0, 0.05) is 18.3 Å². The summed E-state index contributed by atoms with van der Waals surface area (Å²) in [5.74, 6) is 2.20. The number of rotatable bonds is 6. The zero-order valence-electron chi connectivity index (χ0n) is 13.1. The van der Waals surface area contributed by atoms with Crippen LogP contribution in [0.25, 0.3) is 0 Å². The molecule has 0 bridgehead atoms. The maximum Gasteiger partial charge on any atom is 0.284 e. The molecule has 0 radical (unpaired) electrons. The number of nitrogens with two attached hydrogens (primary N) is 1. The largest absolute Gasteiger partial charge is 0.454 e. The van der Waals surface area contributed by atoms with E-state index in [0.717, 1.165) is 11.2 Å². The van der Waals surface area contributed by atoms with Gasteiger partial charge >= 0.3 is 0 Å². The van der Waals surface area contributed by atoms with Gasteiger partial charge in [-0.3, -0.25) is 9.79 Å². The lowest BCUT2D eigenvalue weighted by Crippen LogP contribution is -2.42. The minimum absolute atomic E-state index is 0.176. The first-order valence-electron chi connectivity index (χ1n) is 7.59. The molecule has 2 unspecified atom stereocenters. The third kappa shape index (κ3) is 4.69. The van der Waals surface area contributed by atoms with Crippen molar-refractivity contribution in [1.82, 2.24) is 10.6 Å². The highest BCUT2D eigenvalue weighted by molar-refractivity contribution is 7.99. The van der Waals surface area contributed by atoms with Crippen LogP contribution in [0.3, 0.4) is 0 Å². The van der Waals surface area contributed by atoms with Gasteiger partial charge < -0.3 is 20.8 Å². The number of hydrogen-bond acceptors (Lipinski definition) is 4. The summed E-state index contributed by atoms with van der Waals surface area (Å²) in [6.45, 7) is 2.67. The van der Waals surface area contributed by atoms with Crippen molar-refractivity contribution in [3.05, 3.63) is 23.7 Å². The lowest BCUT2D eigenvalue weighted by molar-refractivity contribution is 0.0972. The molecule has 1 aromatic heterocycles. The second-order valence-corrected chi connectivity index (χ2v) is 6.86. The number of carbonyl (C=O) groups excluding carboxylic acids is 1. The van der Waals surface area contributed by atoms with Crippen molar-refractivity contribution in [1.29, 1.82) is 0 Å². The summed E-state index contributed by atoms with van der Waals surface area (Å²) in [6.07, 6.45) is 3.60. The molecule has 1 aromatic rings. The third-order valence-corrected chi connectivity index (χ3v) is 4.92. The van der Waals surface area contributed by atoms with Crippen LogP contribution in [0.5, 0.6) is 0 Å². The van der Waals surface area contributed by atoms with Crippen LogP contribution < -0.4 is 16.4 Å². The molecule has 1 saturated carbocycles. The predicted octanol–water partition coefficient (Wildman–Crippen LogP) is 1.72. The molecule has 2 atom stereocenters. The molecule has 0 aliphatic heterocycles. The van der Waals surface area contributed by atoms with Gasteiger partial charge in [0.2, 0.25) is 0 Å². The number of aliphatic imine (C=N–C) groups is 1. The maximum absolute atomic E-state index is 11.0. The molecule has 122 valence electrons. The smallest absolute Gasteiger partial charge is 0.284 e. The second-order valence-electron chi connectivity index (χ2n) is 5.29. The normalized spacial score (nSPS) is 21.8. The van der Waals surface area contributed by atoms with Crippen molar-refractivity contribution in [2.24, 2.45) is 10.7 Å². The fourth-order valence-electron chi connectivity index (χ4n) is 2.62. The van der Waals surface area contributed by atoms with Crippen molar-refractivity contribution in [2.75, 3.05) is 12.8 Å². The van der Waals surface area contributed by atoms with Crippen LogP contribution in [0.4, 0.5) is 0 Å². The van der Waals surface area contributed by atoms with E-state index in [2.05, 4.69) is 22.5 Å². The first-order chi connectivity index (χ1) is 10.6. The Kier molecular flexibility index (Phi) is 6.18. The van der Waals surface area contributed by atoms with Gasteiger partial charge in [-0.1, -0.05) is 6.92 Å². The quantitative estimate of drug-likeness (QED) is 0.547. The molecule has 1 heterocycles. The van der Waals surface area contributed by atoms with Gasteiger partial charge in [0.05, 0.1) is 6.54 Å². The number of hydrogen-bond donors (Lipinski definition) is 3. The zero-order valence-corrected chi connectivity index (χ0v) is 13.9. The van der Waals surface area contributed by atoms with Crippen molar-refractivity contribution in [2.45, 2.75) is 44.0 Å². The van der Waals surface area contributed by atoms with Crippen LogP contribution in [0.15, 0.2) is 21.5 Å². The number of furan rings is 1. The summed E-state index contributed by atoms with van der Waals surface area (Å²) in [6, 6.07) is 3.79. The highest BCUT2D eigenvalue weighted by Crippen LogP contribution is 2.29. The van der Waals surface area contributed by atoms with E-state index in [1.54, 1.807) is 19.2 Å². The molecule has 1 fully saturated rings. The fourth-order valence-corrected chi connectivity index (χ4v) is 3.77. The van der Waals surface area contributed by atoms with Gasteiger partial charge in [0.1, 0.15) is 5.76 Å². The number of carbonyl (C=O) groups is 1. The number of nitrogens with zero attached hydrogens (tertiary/aromatic N) is 1. The van der Waals surface area contributed by atoms with Crippen LogP contribution in [-0.2, 0) is 6.54 Å². The van der Waals surface area contributed by atoms with Crippen LogP contribution in [0, 0.1) is 0 Å². The molecule has 6 nitrogen and oxygen atoms in total. The van der Waals surface area contributed by atoms with Gasteiger partial charge in [-0.2, -0.15) is 11.8 Å². The Morgan fingerprint density at radius 2 is 2.32 bits per heavy atom. The molecular weight excluding hydrogens is 300 g/mol. The van der Waals surface area contributed by atoms with Crippen LogP contribution in [-0.4, -0.2) is 36.0 Å². The van der Waals surface area contributed by atoms with Gasteiger partial charge in [0.15, 0.2) is 11.7 Å². The highest BCUT2D eigenvalue weighted by atomic mass is 32.2. The first-order valence-corrected chi connectivity index (χ1v) is 8.64. The average molecular weight is 324 g/mol. The summed E-state index contributed by atoms with van der Waals surface area (Å²) in [5.41, 5.74) is 5.16. The zero-order chi connectivity index (χ0) is 15.9. The number of amides is 1. The molecule has 2 rings (SSSR count). The molecule has 0 aromatic carbocycles. The SMILES string of the molecule is CCSC1CCC(NC(=NC)NCc2ccc(C(N)=O)o2)C1. The number of nitrogens with one attached hydrogen (secondary N) is 2. The summed E-state index contributed by atoms with van der Waals surface area (Å²) < 4.78 is 5.34. The summed E-state index contributed by atoms with van der Waals surface area (Å²) in [7, 11) is 1.75. The van der Waals surface area contributed by atoms with E-state index in [9.17, 15) is 4.79 Å². The fraction of sp³-hybridized carbons (Fsp3) is 0.600. The molecule has 0 spiro atoms. The van der Waals surface area contributed by atoms with Crippen LogP contribution in [0.2, 0.25) is 0 Å². The van der Waals surface area contributed by atoms with Gasteiger partial charge in [0.25, 0.3) is 5.91 Å². The lowest BCUT2D eigenvalue weighted by Gasteiger charge is -2.17. The number of thioether (sulfide) groups is 1. The molecule has 1 aliphatic rings. The molecular formula is C15H24N4O2S. The van der Waals surface area contributed by atoms with Crippen molar-refractivity contribution < 1.29 is 9.21 Å². The monoisotopic (exact) mass is 324 g/mol. The van der Waals surface area contributed by atoms with Gasteiger partial charge in [-0.05, 0) is 37.1 Å². The average Bonchev–Trinajstić information content (AvgIpc) is 3.13. The number of guanidine groups is 1. The number of primary amides is 1. The highest BCUT2D eigenvalue weighted by Gasteiger charge is 2.25. The Labute approximate surface area is 135 Å². The van der Waals surface area contributed by atoms with E-state index in [1.807, 2.05) is 11.8 Å². The van der Waals surface area contributed by atoms with Crippen LogP contribution >= 0.6 is 11.8 Å². The van der Waals surface area contributed by atoms with E-state index < -0.39 is 5.91 Å². The van der Waals surface area contributed by atoms with E-state index in [-0.39, 0.29) is 5.76 Å². The Hall–Kier alpha value is -1.63. The van der Waals surface area contributed by atoms with Crippen molar-refractivity contribution >= 4 is 23.6 Å². The van der Waals surface area contributed by atoms with Gasteiger partial charge in [-0.15, -0.1) is 0 Å². The molecule has 1 amide bonds. The third-order valence-electron chi connectivity index (χ3n) is 3.69.